The smallest absolute Gasteiger partial charge is 0.227 e. The Bertz CT molecular complexity index is 1810. The van der Waals surface area contributed by atoms with E-state index in [4.69, 9.17) is 0 Å². The van der Waals surface area contributed by atoms with Crippen LogP contribution in [0.4, 0.5) is 10.1 Å². The monoisotopic (exact) mass is 490 g/mol. The second-order valence-electron chi connectivity index (χ2n) is 9.04. The Balaban J connectivity index is 1.31. The number of carbonyl (C=O) groups is 1. The SMILES string of the molecule is O=C(Nc1cncc(-c2cc(F)c3n[nH]c(-c4nc5nccc(-c6ccccn6)c5[nH]4)c3c2)c1)C1CC1. The minimum absolute atomic E-state index is 0.0127. The summed E-state index contributed by atoms with van der Waals surface area (Å²) in [6.45, 7) is 0. The van der Waals surface area contributed by atoms with Crippen molar-refractivity contribution >= 4 is 33.7 Å². The number of amides is 1. The molecule has 0 aliphatic heterocycles. The molecule has 0 unspecified atom stereocenters. The molecule has 3 N–H and O–H groups in total. The van der Waals surface area contributed by atoms with Gasteiger partial charge in [-0.3, -0.25) is 19.9 Å². The summed E-state index contributed by atoms with van der Waals surface area (Å²) in [7, 11) is 0. The van der Waals surface area contributed by atoms with Crippen LogP contribution < -0.4 is 5.32 Å². The lowest BCUT2D eigenvalue weighted by molar-refractivity contribution is -0.117. The van der Waals surface area contributed by atoms with Gasteiger partial charge in [-0.15, -0.1) is 0 Å². The average Bonchev–Trinajstić information content (AvgIpc) is 3.55. The maximum Gasteiger partial charge on any atom is 0.227 e. The number of fused-ring (bicyclic) bond motifs is 2. The molecule has 5 aromatic heterocycles. The third kappa shape index (κ3) is 3.79. The summed E-state index contributed by atoms with van der Waals surface area (Å²) in [5, 5.41) is 10.6. The molecular formula is C27H19FN8O. The molecule has 0 bridgehead atoms. The van der Waals surface area contributed by atoms with E-state index < -0.39 is 5.82 Å². The lowest BCUT2D eigenvalue weighted by Gasteiger charge is -2.07. The van der Waals surface area contributed by atoms with E-state index in [1.54, 1.807) is 30.9 Å². The Labute approximate surface area is 209 Å². The highest BCUT2D eigenvalue weighted by Gasteiger charge is 2.29. The molecule has 0 radical (unpaired) electrons. The van der Waals surface area contributed by atoms with Gasteiger partial charge in [-0.1, -0.05) is 6.07 Å². The van der Waals surface area contributed by atoms with Crippen LogP contribution in [-0.2, 0) is 4.79 Å². The van der Waals surface area contributed by atoms with Gasteiger partial charge in [-0.2, -0.15) is 5.10 Å². The highest BCUT2D eigenvalue weighted by Crippen LogP contribution is 2.34. The van der Waals surface area contributed by atoms with Crippen molar-refractivity contribution in [2.24, 2.45) is 5.92 Å². The fourth-order valence-corrected chi connectivity index (χ4v) is 4.44. The topological polar surface area (TPSA) is 125 Å². The summed E-state index contributed by atoms with van der Waals surface area (Å²) >= 11 is 0. The highest BCUT2D eigenvalue weighted by atomic mass is 19.1. The number of hydrogen-bond acceptors (Lipinski definition) is 6. The summed E-state index contributed by atoms with van der Waals surface area (Å²) in [4.78, 5) is 33.2. The second kappa shape index (κ2) is 8.30. The first-order valence-corrected chi connectivity index (χ1v) is 11.8. The van der Waals surface area contributed by atoms with Crippen LogP contribution >= 0.6 is 0 Å². The van der Waals surface area contributed by atoms with E-state index in [0.29, 0.717) is 39.4 Å². The molecule has 37 heavy (non-hydrogen) atoms. The molecule has 0 spiro atoms. The Morgan fingerprint density at radius 3 is 2.78 bits per heavy atom. The molecule has 1 saturated carbocycles. The molecule has 1 amide bonds. The van der Waals surface area contributed by atoms with Crippen LogP contribution in [0.15, 0.2) is 67.3 Å². The van der Waals surface area contributed by atoms with E-state index in [9.17, 15) is 4.79 Å². The molecule has 7 rings (SSSR count). The zero-order valence-corrected chi connectivity index (χ0v) is 19.4. The van der Waals surface area contributed by atoms with Crippen molar-refractivity contribution in [2.45, 2.75) is 12.8 Å². The van der Waals surface area contributed by atoms with Crippen molar-refractivity contribution in [2.75, 3.05) is 5.32 Å². The van der Waals surface area contributed by atoms with Gasteiger partial charge in [0.05, 0.1) is 23.1 Å². The van der Waals surface area contributed by atoms with Crippen LogP contribution in [0.1, 0.15) is 12.8 Å². The predicted octanol–water partition coefficient (Wildman–Crippen LogP) is 5.11. The van der Waals surface area contributed by atoms with E-state index in [1.807, 2.05) is 30.3 Å². The van der Waals surface area contributed by atoms with Crippen molar-refractivity contribution in [1.29, 1.82) is 0 Å². The number of H-pyrrole nitrogens is 2. The first kappa shape index (κ1) is 21.3. The van der Waals surface area contributed by atoms with Gasteiger partial charge in [-0.05, 0) is 54.8 Å². The minimum atomic E-state index is -0.481. The fraction of sp³-hybridized carbons (Fsp3) is 0.111. The molecule has 1 aromatic carbocycles. The van der Waals surface area contributed by atoms with E-state index in [-0.39, 0.29) is 17.3 Å². The van der Waals surface area contributed by atoms with Gasteiger partial charge in [-0.25, -0.2) is 14.4 Å². The summed E-state index contributed by atoms with van der Waals surface area (Å²) in [5.74, 6) is 0.0584. The maximum atomic E-state index is 15.2. The second-order valence-corrected chi connectivity index (χ2v) is 9.04. The molecule has 6 aromatic rings. The van der Waals surface area contributed by atoms with Gasteiger partial charge >= 0.3 is 0 Å². The van der Waals surface area contributed by atoms with E-state index in [1.165, 1.54) is 6.07 Å². The molecule has 180 valence electrons. The zero-order valence-electron chi connectivity index (χ0n) is 19.4. The molecule has 10 heteroatoms. The molecule has 1 aliphatic carbocycles. The van der Waals surface area contributed by atoms with Crippen molar-refractivity contribution < 1.29 is 9.18 Å². The molecule has 0 atom stereocenters. The number of halogens is 1. The van der Waals surface area contributed by atoms with Gasteiger partial charge in [0.25, 0.3) is 0 Å². The molecule has 1 fully saturated rings. The van der Waals surface area contributed by atoms with Crippen molar-refractivity contribution in [1.82, 2.24) is 35.1 Å². The predicted molar refractivity (Wildman–Crippen MR) is 137 cm³/mol. The van der Waals surface area contributed by atoms with Crippen LogP contribution in [0.3, 0.4) is 0 Å². The molecule has 1 aliphatic rings. The maximum absolute atomic E-state index is 15.2. The molecule has 9 nitrogen and oxygen atoms in total. The van der Waals surface area contributed by atoms with E-state index in [2.05, 4.69) is 40.4 Å². The first-order chi connectivity index (χ1) is 18.1. The van der Waals surface area contributed by atoms with Crippen LogP contribution in [0.25, 0.3) is 56.0 Å². The number of imidazole rings is 1. The van der Waals surface area contributed by atoms with E-state index >= 15 is 4.39 Å². The Kier molecular flexibility index (Phi) is 4.78. The summed E-state index contributed by atoms with van der Waals surface area (Å²) in [5.41, 5.74) is 5.46. The third-order valence-corrected chi connectivity index (χ3v) is 6.47. The fourth-order valence-electron chi connectivity index (χ4n) is 4.44. The Hall–Kier alpha value is -4.99. The minimum Gasteiger partial charge on any atom is -0.335 e. The van der Waals surface area contributed by atoms with Crippen molar-refractivity contribution in [3.05, 3.63) is 73.1 Å². The third-order valence-electron chi connectivity index (χ3n) is 6.47. The first-order valence-electron chi connectivity index (χ1n) is 11.8. The van der Waals surface area contributed by atoms with Crippen LogP contribution in [0.2, 0.25) is 0 Å². The summed E-state index contributed by atoms with van der Waals surface area (Å²) in [6, 6.07) is 12.6. The number of aromatic nitrogens is 7. The van der Waals surface area contributed by atoms with Crippen molar-refractivity contribution in [3.63, 3.8) is 0 Å². The normalized spacial score (nSPS) is 13.3. The van der Waals surface area contributed by atoms with Gasteiger partial charge in [0.1, 0.15) is 11.2 Å². The standard InChI is InChI=1S/C27H19FN8O/c28-20-11-15(16-9-17(13-29-12-16)32-27(37)14-4-5-14)10-19-22(20)35-36-24(19)26-33-23-18(6-8-31-25(23)34-26)21-3-1-2-7-30-21/h1-3,6-14H,4-5H2,(H,32,37)(H,35,36)(H,31,33,34). The number of carbonyl (C=O) groups excluding carboxylic acids is 1. The average molecular weight is 491 g/mol. The number of aromatic amines is 2. The van der Waals surface area contributed by atoms with Crippen molar-refractivity contribution in [3.8, 4) is 33.9 Å². The molecule has 5 heterocycles. The summed E-state index contributed by atoms with van der Waals surface area (Å²) < 4.78 is 15.2. The number of hydrogen-bond donors (Lipinski definition) is 3. The molecule has 0 saturated heterocycles. The van der Waals surface area contributed by atoms with Crippen LogP contribution in [0, 0.1) is 11.7 Å². The Morgan fingerprint density at radius 1 is 1.03 bits per heavy atom. The number of nitrogens with one attached hydrogen (secondary N) is 3. The molecular weight excluding hydrogens is 471 g/mol. The van der Waals surface area contributed by atoms with E-state index in [0.717, 1.165) is 29.6 Å². The number of benzene rings is 1. The number of nitrogens with zero attached hydrogens (tertiary/aromatic N) is 5. The van der Waals surface area contributed by atoms with Gasteiger partial charge in [0.15, 0.2) is 17.3 Å². The van der Waals surface area contributed by atoms with Gasteiger partial charge < -0.3 is 10.3 Å². The number of pyridine rings is 3. The van der Waals surface area contributed by atoms with Gasteiger partial charge in [0, 0.05) is 41.0 Å². The lowest BCUT2D eigenvalue weighted by atomic mass is 10.0. The number of rotatable bonds is 5. The van der Waals surface area contributed by atoms with Crippen LogP contribution in [-0.4, -0.2) is 41.0 Å². The highest BCUT2D eigenvalue weighted by molar-refractivity contribution is 5.98. The Morgan fingerprint density at radius 2 is 1.95 bits per heavy atom. The quantitative estimate of drug-likeness (QED) is 0.308. The number of anilines is 1. The summed E-state index contributed by atoms with van der Waals surface area (Å²) in [6.07, 6.45) is 8.45. The zero-order chi connectivity index (χ0) is 24.9. The van der Waals surface area contributed by atoms with Crippen LogP contribution in [0.5, 0.6) is 0 Å². The lowest BCUT2D eigenvalue weighted by Crippen LogP contribution is -2.13. The van der Waals surface area contributed by atoms with Gasteiger partial charge in [0.2, 0.25) is 5.91 Å². The largest absolute Gasteiger partial charge is 0.335 e.